The van der Waals surface area contributed by atoms with Gasteiger partial charge in [-0.25, -0.2) is 0 Å². The number of nitrogens with two attached hydrogens (primary N) is 1. The molecule has 2 rings (SSSR count). The number of hydrogen-bond acceptors (Lipinski definition) is 3. The average molecular weight is 192 g/mol. The second kappa shape index (κ2) is 2.71. The Kier molecular flexibility index (Phi) is 1.67. The lowest BCUT2D eigenvalue weighted by molar-refractivity contribution is 0.655. The standard InChI is InChI=1S/C9H5FN2S/c10-9-5(4-11)8-6(12)2-1-3-7(8)13-9/h1-3H,12H2. The predicted molar refractivity (Wildman–Crippen MR) is 50.9 cm³/mol. The number of nitrogen functional groups attached to an aromatic ring is 1. The molecule has 0 aliphatic carbocycles. The van der Waals surface area contributed by atoms with Crippen LogP contribution in [0, 0.1) is 16.5 Å². The highest BCUT2D eigenvalue weighted by Gasteiger charge is 2.12. The van der Waals surface area contributed by atoms with Crippen LogP contribution in [0.5, 0.6) is 0 Å². The first kappa shape index (κ1) is 8.02. The lowest BCUT2D eigenvalue weighted by Gasteiger charge is -1.94. The quantitative estimate of drug-likeness (QED) is 0.652. The Labute approximate surface area is 78.0 Å². The third kappa shape index (κ3) is 1.05. The molecular formula is C9H5FN2S. The fourth-order valence-electron chi connectivity index (χ4n) is 1.25. The van der Waals surface area contributed by atoms with Gasteiger partial charge in [-0.3, -0.25) is 0 Å². The Hall–Kier alpha value is -1.60. The molecule has 64 valence electrons. The van der Waals surface area contributed by atoms with Crippen LogP contribution in [0.15, 0.2) is 18.2 Å². The number of benzene rings is 1. The van der Waals surface area contributed by atoms with Gasteiger partial charge in [0.1, 0.15) is 11.6 Å². The van der Waals surface area contributed by atoms with Crippen LogP contribution >= 0.6 is 11.3 Å². The maximum absolute atomic E-state index is 13.1. The lowest BCUT2D eigenvalue weighted by Crippen LogP contribution is -1.86. The molecule has 0 fully saturated rings. The molecule has 0 radical (unpaired) electrons. The number of hydrogen-bond donors (Lipinski definition) is 1. The molecule has 13 heavy (non-hydrogen) atoms. The Morgan fingerprint density at radius 2 is 2.23 bits per heavy atom. The number of fused-ring (bicyclic) bond motifs is 1. The zero-order valence-electron chi connectivity index (χ0n) is 6.54. The molecule has 0 aliphatic heterocycles. The summed E-state index contributed by atoms with van der Waals surface area (Å²) in [6.45, 7) is 0. The first-order valence-electron chi connectivity index (χ1n) is 3.60. The molecule has 1 heterocycles. The normalized spacial score (nSPS) is 10.2. The zero-order valence-corrected chi connectivity index (χ0v) is 7.36. The van der Waals surface area contributed by atoms with Crippen molar-refractivity contribution in [2.45, 2.75) is 0 Å². The first-order valence-corrected chi connectivity index (χ1v) is 4.42. The third-order valence-electron chi connectivity index (χ3n) is 1.82. The molecule has 2 aromatic rings. The van der Waals surface area contributed by atoms with Gasteiger partial charge in [0.2, 0.25) is 0 Å². The van der Waals surface area contributed by atoms with Gasteiger partial charge in [-0.2, -0.15) is 9.65 Å². The van der Waals surface area contributed by atoms with Gasteiger partial charge in [0.25, 0.3) is 0 Å². The van der Waals surface area contributed by atoms with Crippen molar-refractivity contribution in [3.05, 3.63) is 28.9 Å². The van der Waals surface area contributed by atoms with Gasteiger partial charge in [0.15, 0.2) is 5.13 Å². The van der Waals surface area contributed by atoms with Gasteiger partial charge >= 0.3 is 0 Å². The van der Waals surface area contributed by atoms with E-state index in [0.29, 0.717) is 15.8 Å². The Balaban J connectivity index is 2.99. The highest BCUT2D eigenvalue weighted by atomic mass is 32.1. The molecule has 0 saturated carbocycles. The van der Waals surface area contributed by atoms with Crippen molar-refractivity contribution in [1.29, 1.82) is 5.26 Å². The zero-order chi connectivity index (χ0) is 9.42. The van der Waals surface area contributed by atoms with Gasteiger partial charge in [-0.15, -0.1) is 11.3 Å². The number of nitriles is 1. The Bertz CT molecular complexity index is 510. The Morgan fingerprint density at radius 1 is 1.46 bits per heavy atom. The molecule has 4 heteroatoms. The van der Waals surface area contributed by atoms with E-state index < -0.39 is 5.13 Å². The largest absolute Gasteiger partial charge is 0.398 e. The molecule has 0 spiro atoms. The number of thiophene rings is 1. The van der Waals surface area contributed by atoms with E-state index in [0.717, 1.165) is 11.3 Å². The van der Waals surface area contributed by atoms with Crippen LogP contribution in [0.25, 0.3) is 10.1 Å². The van der Waals surface area contributed by atoms with E-state index in [1.54, 1.807) is 18.2 Å². The van der Waals surface area contributed by atoms with Crippen LogP contribution in [-0.2, 0) is 0 Å². The van der Waals surface area contributed by atoms with Crippen molar-refractivity contribution in [3.63, 3.8) is 0 Å². The van der Waals surface area contributed by atoms with Gasteiger partial charge in [0, 0.05) is 15.8 Å². The molecule has 0 unspecified atom stereocenters. The van der Waals surface area contributed by atoms with Crippen molar-refractivity contribution in [2.24, 2.45) is 0 Å². The number of rotatable bonds is 0. The highest BCUT2D eigenvalue weighted by molar-refractivity contribution is 7.17. The van der Waals surface area contributed by atoms with Gasteiger partial charge in [-0.1, -0.05) is 6.07 Å². The summed E-state index contributed by atoms with van der Waals surface area (Å²) in [5, 5.41) is 8.76. The second-order valence-corrected chi connectivity index (χ2v) is 3.59. The molecule has 0 amide bonds. The predicted octanol–water partition coefficient (Wildman–Crippen LogP) is 2.49. The van der Waals surface area contributed by atoms with E-state index >= 15 is 0 Å². The topological polar surface area (TPSA) is 49.8 Å². The third-order valence-corrected chi connectivity index (χ3v) is 2.76. The molecule has 0 bridgehead atoms. The maximum atomic E-state index is 13.1. The molecule has 1 aromatic carbocycles. The molecule has 1 aromatic heterocycles. The minimum atomic E-state index is -0.463. The van der Waals surface area contributed by atoms with Crippen molar-refractivity contribution in [1.82, 2.24) is 0 Å². The SMILES string of the molecule is N#Cc1c(F)sc2cccc(N)c12. The summed E-state index contributed by atoms with van der Waals surface area (Å²) in [5.41, 5.74) is 6.14. The highest BCUT2D eigenvalue weighted by Crippen LogP contribution is 2.33. The van der Waals surface area contributed by atoms with E-state index in [-0.39, 0.29) is 5.56 Å². The van der Waals surface area contributed by atoms with Gasteiger partial charge in [-0.05, 0) is 12.1 Å². The molecular weight excluding hydrogens is 187 g/mol. The van der Waals surface area contributed by atoms with E-state index in [1.807, 2.05) is 6.07 Å². The van der Waals surface area contributed by atoms with Crippen LogP contribution in [0.4, 0.5) is 10.1 Å². The minimum absolute atomic E-state index is 0.0538. The van der Waals surface area contributed by atoms with E-state index in [1.165, 1.54) is 0 Å². The smallest absolute Gasteiger partial charge is 0.195 e. The average Bonchev–Trinajstić information content (AvgIpc) is 2.42. The van der Waals surface area contributed by atoms with Crippen molar-refractivity contribution >= 4 is 27.1 Å². The van der Waals surface area contributed by atoms with Crippen molar-refractivity contribution < 1.29 is 4.39 Å². The van der Waals surface area contributed by atoms with Crippen LogP contribution in [0.1, 0.15) is 5.56 Å². The van der Waals surface area contributed by atoms with Gasteiger partial charge in [0.05, 0.1) is 0 Å². The number of halogens is 1. The summed E-state index contributed by atoms with van der Waals surface area (Å²) in [6.07, 6.45) is 0. The Morgan fingerprint density at radius 3 is 2.92 bits per heavy atom. The van der Waals surface area contributed by atoms with Crippen molar-refractivity contribution in [3.8, 4) is 6.07 Å². The van der Waals surface area contributed by atoms with Crippen LogP contribution in [-0.4, -0.2) is 0 Å². The molecule has 2 nitrogen and oxygen atoms in total. The summed E-state index contributed by atoms with van der Waals surface area (Å²) in [7, 11) is 0. The van der Waals surface area contributed by atoms with Crippen LogP contribution in [0.3, 0.4) is 0 Å². The van der Waals surface area contributed by atoms with Crippen LogP contribution < -0.4 is 5.73 Å². The number of anilines is 1. The van der Waals surface area contributed by atoms with Gasteiger partial charge < -0.3 is 5.73 Å². The van der Waals surface area contributed by atoms with Crippen LogP contribution in [0.2, 0.25) is 0 Å². The number of nitrogens with zero attached hydrogens (tertiary/aromatic N) is 1. The maximum Gasteiger partial charge on any atom is 0.195 e. The second-order valence-electron chi connectivity index (χ2n) is 2.58. The van der Waals surface area contributed by atoms with Crippen molar-refractivity contribution in [2.75, 3.05) is 5.73 Å². The summed E-state index contributed by atoms with van der Waals surface area (Å²) in [4.78, 5) is 0. The summed E-state index contributed by atoms with van der Waals surface area (Å²) in [5.74, 6) is 0. The summed E-state index contributed by atoms with van der Waals surface area (Å²) < 4.78 is 13.8. The fourth-order valence-corrected chi connectivity index (χ4v) is 2.16. The summed E-state index contributed by atoms with van der Waals surface area (Å²) >= 11 is 0.948. The summed E-state index contributed by atoms with van der Waals surface area (Å²) in [6, 6.07) is 6.97. The molecule has 0 saturated heterocycles. The van der Waals surface area contributed by atoms with E-state index in [4.69, 9.17) is 11.0 Å². The van der Waals surface area contributed by atoms with E-state index in [9.17, 15) is 4.39 Å². The van der Waals surface area contributed by atoms with E-state index in [2.05, 4.69) is 0 Å². The molecule has 0 atom stereocenters. The molecule has 2 N–H and O–H groups in total. The fraction of sp³-hybridized carbons (Fsp3) is 0. The lowest BCUT2D eigenvalue weighted by atomic mass is 10.1. The first-order chi connectivity index (χ1) is 6.24. The molecule has 0 aliphatic rings. The minimum Gasteiger partial charge on any atom is -0.398 e. The monoisotopic (exact) mass is 192 g/mol.